The van der Waals surface area contributed by atoms with E-state index < -0.39 is 0 Å². The molecule has 0 atom stereocenters. The van der Waals surface area contributed by atoms with E-state index >= 15 is 0 Å². The van der Waals surface area contributed by atoms with Crippen molar-refractivity contribution in [3.8, 4) is 0 Å². The van der Waals surface area contributed by atoms with E-state index in [4.69, 9.17) is 5.73 Å². The van der Waals surface area contributed by atoms with Gasteiger partial charge in [0.2, 0.25) is 5.95 Å². The molecule has 1 aliphatic rings. The fraction of sp³-hybridized carbons (Fsp3) is 0.571. The van der Waals surface area contributed by atoms with Gasteiger partial charge in [0.05, 0.1) is 5.69 Å². The van der Waals surface area contributed by atoms with Gasteiger partial charge in [-0.1, -0.05) is 32.4 Å². The fourth-order valence-corrected chi connectivity index (χ4v) is 2.18. The Morgan fingerprint density at radius 2 is 2.17 bits per heavy atom. The maximum absolute atomic E-state index is 5.61. The standard InChI is InChI=1S/C14H22N4/c1-14(2,3)11-5-8-18(9-6-11)13-16-7-4-12(10-15)17-13/h4-5,7H,6,8-10,15H2,1-3H3. The van der Waals surface area contributed by atoms with Crippen molar-refractivity contribution >= 4 is 5.95 Å². The van der Waals surface area contributed by atoms with Crippen LogP contribution in [0, 0.1) is 5.41 Å². The second-order valence-electron chi connectivity index (χ2n) is 5.73. The Kier molecular flexibility index (Phi) is 3.66. The molecule has 0 aliphatic carbocycles. The summed E-state index contributed by atoms with van der Waals surface area (Å²) in [7, 11) is 0. The minimum atomic E-state index is 0.270. The first-order valence-corrected chi connectivity index (χ1v) is 6.47. The summed E-state index contributed by atoms with van der Waals surface area (Å²) in [5.74, 6) is 0.794. The molecule has 0 unspecified atom stereocenters. The van der Waals surface area contributed by atoms with Crippen LogP contribution in [-0.4, -0.2) is 23.1 Å². The Morgan fingerprint density at radius 1 is 1.39 bits per heavy atom. The Morgan fingerprint density at radius 3 is 2.72 bits per heavy atom. The lowest BCUT2D eigenvalue weighted by Gasteiger charge is -2.32. The van der Waals surface area contributed by atoms with Gasteiger partial charge in [-0.05, 0) is 17.9 Å². The highest BCUT2D eigenvalue weighted by atomic mass is 15.2. The normalized spacial score (nSPS) is 16.7. The molecule has 2 heterocycles. The number of hydrogen-bond donors (Lipinski definition) is 1. The van der Waals surface area contributed by atoms with Crippen molar-refractivity contribution in [3.05, 3.63) is 29.6 Å². The molecule has 98 valence electrons. The molecular weight excluding hydrogens is 224 g/mol. The van der Waals surface area contributed by atoms with Gasteiger partial charge in [-0.15, -0.1) is 0 Å². The van der Waals surface area contributed by atoms with Crippen molar-refractivity contribution in [3.63, 3.8) is 0 Å². The van der Waals surface area contributed by atoms with Gasteiger partial charge in [-0.25, -0.2) is 9.97 Å². The van der Waals surface area contributed by atoms with Crippen LogP contribution in [-0.2, 0) is 6.54 Å². The van der Waals surface area contributed by atoms with Crippen LogP contribution in [0.4, 0.5) is 5.95 Å². The molecule has 0 spiro atoms. The lowest BCUT2D eigenvalue weighted by Crippen LogP contribution is -2.32. The van der Waals surface area contributed by atoms with Gasteiger partial charge in [0.1, 0.15) is 0 Å². The third-order valence-electron chi connectivity index (χ3n) is 3.36. The monoisotopic (exact) mass is 246 g/mol. The van der Waals surface area contributed by atoms with Crippen LogP contribution in [0.3, 0.4) is 0 Å². The van der Waals surface area contributed by atoms with Gasteiger partial charge in [0.15, 0.2) is 0 Å². The summed E-state index contributed by atoms with van der Waals surface area (Å²) in [5, 5.41) is 0. The van der Waals surface area contributed by atoms with Crippen molar-refractivity contribution in [2.45, 2.75) is 33.7 Å². The van der Waals surface area contributed by atoms with Gasteiger partial charge in [-0.3, -0.25) is 0 Å². The summed E-state index contributed by atoms with van der Waals surface area (Å²) < 4.78 is 0. The first-order chi connectivity index (χ1) is 8.50. The van der Waals surface area contributed by atoms with Crippen molar-refractivity contribution < 1.29 is 0 Å². The summed E-state index contributed by atoms with van der Waals surface area (Å²) in [6.45, 7) is 9.13. The summed E-state index contributed by atoms with van der Waals surface area (Å²) in [6.07, 6.45) is 5.18. The molecule has 1 aliphatic heterocycles. The van der Waals surface area contributed by atoms with E-state index in [1.54, 1.807) is 6.20 Å². The highest BCUT2D eigenvalue weighted by Crippen LogP contribution is 2.30. The third kappa shape index (κ3) is 2.88. The van der Waals surface area contributed by atoms with E-state index in [0.717, 1.165) is 31.2 Å². The molecule has 0 fully saturated rings. The number of nitrogens with two attached hydrogens (primary N) is 1. The second-order valence-corrected chi connectivity index (χ2v) is 5.73. The van der Waals surface area contributed by atoms with Crippen LogP contribution < -0.4 is 10.6 Å². The zero-order valence-corrected chi connectivity index (χ0v) is 11.5. The molecule has 0 amide bonds. The largest absolute Gasteiger partial charge is 0.337 e. The van der Waals surface area contributed by atoms with Gasteiger partial charge in [-0.2, -0.15) is 0 Å². The number of hydrogen-bond acceptors (Lipinski definition) is 4. The van der Waals surface area contributed by atoms with Crippen LogP contribution in [0.5, 0.6) is 0 Å². The topological polar surface area (TPSA) is 55.0 Å². The minimum Gasteiger partial charge on any atom is -0.337 e. The zero-order valence-electron chi connectivity index (χ0n) is 11.5. The van der Waals surface area contributed by atoms with E-state index in [1.807, 2.05) is 6.07 Å². The molecular formula is C14H22N4. The van der Waals surface area contributed by atoms with E-state index in [1.165, 1.54) is 5.57 Å². The average molecular weight is 246 g/mol. The quantitative estimate of drug-likeness (QED) is 0.812. The van der Waals surface area contributed by atoms with Crippen LogP contribution in [0.1, 0.15) is 32.9 Å². The maximum Gasteiger partial charge on any atom is 0.225 e. The lowest BCUT2D eigenvalue weighted by molar-refractivity contribution is 0.471. The molecule has 0 aromatic carbocycles. The number of rotatable bonds is 2. The van der Waals surface area contributed by atoms with Crippen molar-refractivity contribution in [1.29, 1.82) is 0 Å². The lowest BCUT2D eigenvalue weighted by atomic mass is 9.83. The van der Waals surface area contributed by atoms with E-state index in [0.29, 0.717) is 6.54 Å². The van der Waals surface area contributed by atoms with E-state index in [9.17, 15) is 0 Å². The van der Waals surface area contributed by atoms with Gasteiger partial charge >= 0.3 is 0 Å². The van der Waals surface area contributed by atoms with Crippen molar-refractivity contribution in [2.75, 3.05) is 18.0 Å². The van der Waals surface area contributed by atoms with Gasteiger partial charge < -0.3 is 10.6 Å². The van der Waals surface area contributed by atoms with Gasteiger partial charge in [0.25, 0.3) is 0 Å². The highest BCUT2D eigenvalue weighted by Gasteiger charge is 2.22. The number of anilines is 1. The Bertz CT molecular complexity index is 445. The molecule has 2 rings (SSSR count). The second kappa shape index (κ2) is 5.06. The third-order valence-corrected chi connectivity index (χ3v) is 3.36. The number of nitrogens with zero attached hydrogens (tertiary/aromatic N) is 3. The smallest absolute Gasteiger partial charge is 0.225 e. The summed E-state index contributed by atoms with van der Waals surface area (Å²) >= 11 is 0. The van der Waals surface area contributed by atoms with E-state index in [-0.39, 0.29) is 5.41 Å². The molecule has 0 bridgehead atoms. The number of aromatic nitrogens is 2. The molecule has 2 N–H and O–H groups in total. The van der Waals surface area contributed by atoms with Crippen molar-refractivity contribution in [2.24, 2.45) is 11.1 Å². The Labute approximate surface area is 109 Å². The molecule has 18 heavy (non-hydrogen) atoms. The molecule has 0 saturated heterocycles. The Balaban J connectivity index is 2.11. The fourth-order valence-electron chi connectivity index (χ4n) is 2.18. The summed E-state index contributed by atoms with van der Waals surface area (Å²) in [4.78, 5) is 11.0. The van der Waals surface area contributed by atoms with Crippen molar-refractivity contribution in [1.82, 2.24) is 9.97 Å². The zero-order chi connectivity index (χ0) is 13.2. The van der Waals surface area contributed by atoms with E-state index in [2.05, 4.69) is 41.7 Å². The minimum absolute atomic E-state index is 0.270. The van der Waals surface area contributed by atoms with Crippen LogP contribution in [0.2, 0.25) is 0 Å². The SMILES string of the molecule is CC(C)(C)C1=CCN(c2nccc(CN)n2)CC1. The molecule has 4 nitrogen and oxygen atoms in total. The molecule has 1 aromatic heterocycles. The van der Waals surface area contributed by atoms with Crippen LogP contribution in [0.25, 0.3) is 0 Å². The molecule has 4 heteroatoms. The molecule has 0 radical (unpaired) electrons. The highest BCUT2D eigenvalue weighted by molar-refractivity contribution is 5.35. The molecule has 0 saturated carbocycles. The van der Waals surface area contributed by atoms with Gasteiger partial charge in [0, 0.05) is 25.8 Å². The summed E-state index contributed by atoms with van der Waals surface area (Å²) in [6, 6.07) is 1.86. The predicted molar refractivity (Wildman–Crippen MR) is 74.3 cm³/mol. The maximum atomic E-state index is 5.61. The van der Waals surface area contributed by atoms with Crippen LogP contribution >= 0.6 is 0 Å². The Hall–Kier alpha value is -1.42. The first-order valence-electron chi connectivity index (χ1n) is 6.47. The van der Waals surface area contributed by atoms with Crippen LogP contribution in [0.15, 0.2) is 23.9 Å². The average Bonchev–Trinajstić information content (AvgIpc) is 2.38. The predicted octanol–water partition coefficient (Wildman–Crippen LogP) is 2.12. The first kappa shape index (κ1) is 13.0. The molecule has 1 aromatic rings. The summed E-state index contributed by atoms with van der Waals surface area (Å²) in [5.41, 5.74) is 8.29.